The summed E-state index contributed by atoms with van der Waals surface area (Å²) >= 11 is 0. The minimum atomic E-state index is -1.34. The van der Waals surface area contributed by atoms with Crippen molar-refractivity contribution in [2.75, 3.05) is 0 Å². The SMILES string of the molecule is CC(C)(C)OC(=O)NC1CC[C@@](C(=O)O)(C(C)(C)O)C1. The fraction of sp³-hybridized carbons (Fsp3) is 0.857. The van der Waals surface area contributed by atoms with Gasteiger partial charge in [-0.3, -0.25) is 4.79 Å². The third kappa shape index (κ3) is 3.62. The molecule has 0 radical (unpaired) electrons. The van der Waals surface area contributed by atoms with Gasteiger partial charge in [0.1, 0.15) is 5.60 Å². The lowest BCUT2D eigenvalue weighted by Crippen LogP contribution is -2.49. The highest BCUT2D eigenvalue weighted by molar-refractivity contribution is 5.77. The van der Waals surface area contributed by atoms with Crippen LogP contribution in [-0.4, -0.2) is 39.5 Å². The monoisotopic (exact) mass is 287 g/mol. The van der Waals surface area contributed by atoms with Crippen molar-refractivity contribution >= 4 is 12.1 Å². The van der Waals surface area contributed by atoms with Crippen molar-refractivity contribution in [2.45, 2.75) is 71.1 Å². The Bertz CT molecular complexity index is 393. The first-order chi connectivity index (χ1) is 8.87. The Hall–Kier alpha value is -1.30. The summed E-state index contributed by atoms with van der Waals surface area (Å²) in [6.07, 6.45) is 0.479. The zero-order valence-corrected chi connectivity index (χ0v) is 12.8. The number of carboxylic acids is 1. The predicted molar refractivity (Wildman–Crippen MR) is 73.4 cm³/mol. The third-order valence-electron chi connectivity index (χ3n) is 3.82. The lowest BCUT2D eigenvalue weighted by molar-refractivity contribution is -0.164. The number of hydrogen-bond donors (Lipinski definition) is 3. The van der Waals surface area contributed by atoms with Gasteiger partial charge in [0.15, 0.2) is 0 Å². The van der Waals surface area contributed by atoms with Crippen molar-refractivity contribution in [3.05, 3.63) is 0 Å². The largest absolute Gasteiger partial charge is 0.481 e. The molecule has 0 aromatic rings. The van der Waals surface area contributed by atoms with Crippen molar-refractivity contribution in [3.63, 3.8) is 0 Å². The molecule has 1 saturated carbocycles. The van der Waals surface area contributed by atoms with Gasteiger partial charge in [0, 0.05) is 6.04 Å². The van der Waals surface area contributed by atoms with E-state index >= 15 is 0 Å². The molecule has 0 saturated heterocycles. The molecule has 0 aliphatic heterocycles. The van der Waals surface area contributed by atoms with E-state index in [1.807, 2.05) is 0 Å². The molecule has 116 valence electrons. The maximum absolute atomic E-state index is 11.7. The zero-order valence-electron chi connectivity index (χ0n) is 12.8. The molecular weight excluding hydrogens is 262 g/mol. The minimum Gasteiger partial charge on any atom is -0.481 e. The van der Waals surface area contributed by atoms with Gasteiger partial charge in [-0.2, -0.15) is 0 Å². The van der Waals surface area contributed by atoms with Crippen molar-refractivity contribution in [2.24, 2.45) is 5.41 Å². The van der Waals surface area contributed by atoms with Crippen LogP contribution in [0, 0.1) is 5.41 Å². The Morgan fingerprint density at radius 3 is 2.15 bits per heavy atom. The van der Waals surface area contributed by atoms with Crippen LogP contribution >= 0.6 is 0 Å². The van der Waals surface area contributed by atoms with Gasteiger partial charge in [-0.1, -0.05) is 0 Å². The number of aliphatic hydroxyl groups is 1. The molecular formula is C14H25NO5. The topological polar surface area (TPSA) is 95.9 Å². The first kappa shape index (κ1) is 16.8. The highest BCUT2D eigenvalue weighted by Gasteiger charge is 2.55. The van der Waals surface area contributed by atoms with Crippen molar-refractivity contribution in [1.82, 2.24) is 5.32 Å². The second kappa shape index (κ2) is 5.24. The normalized spacial score (nSPS) is 27.2. The van der Waals surface area contributed by atoms with Crippen LogP contribution in [0.4, 0.5) is 4.79 Å². The van der Waals surface area contributed by atoms with E-state index in [0.717, 1.165) is 0 Å². The Morgan fingerprint density at radius 1 is 1.25 bits per heavy atom. The number of ether oxygens (including phenoxy) is 1. The van der Waals surface area contributed by atoms with E-state index in [9.17, 15) is 19.8 Å². The molecule has 1 unspecified atom stereocenters. The van der Waals surface area contributed by atoms with Crippen molar-refractivity contribution in [1.29, 1.82) is 0 Å². The van der Waals surface area contributed by atoms with Crippen LogP contribution in [0.3, 0.4) is 0 Å². The van der Waals surface area contributed by atoms with E-state index in [1.54, 1.807) is 20.8 Å². The summed E-state index contributed by atoms with van der Waals surface area (Å²) in [5.74, 6) is -1.03. The molecule has 0 aromatic carbocycles. The summed E-state index contributed by atoms with van der Waals surface area (Å²) in [4.78, 5) is 23.2. The van der Waals surface area contributed by atoms with E-state index in [4.69, 9.17) is 4.74 Å². The van der Waals surface area contributed by atoms with E-state index in [2.05, 4.69) is 5.32 Å². The van der Waals surface area contributed by atoms with Crippen LogP contribution in [-0.2, 0) is 9.53 Å². The molecule has 6 nitrogen and oxygen atoms in total. The number of rotatable bonds is 3. The number of aliphatic carboxylic acids is 1. The number of nitrogens with one attached hydrogen (secondary N) is 1. The van der Waals surface area contributed by atoms with Crippen LogP contribution in [0.15, 0.2) is 0 Å². The fourth-order valence-corrected chi connectivity index (χ4v) is 2.65. The molecule has 2 atom stereocenters. The molecule has 20 heavy (non-hydrogen) atoms. The highest BCUT2D eigenvalue weighted by atomic mass is 16.6. The Balaban J connectivity index is 2.71. The molecule has 0 aromatic heterocycles. The van der Waals surface area contributed by atoms with Crippen molar-refractivity contribution < 1.29 is 24.5 Å². The van der Waals surface area contributed by atoms with Gasteiger partial charge in [-0.05, 0) is 53.9 Å². The molecule has 0 spiro atoms. The smallest absolute Gasteiger partial charge is 0.407 e. The number of carboxylic acid groups (broad SMARTS) is 1. The minimum absolute atomic E-state index is 0.199. The lowest BCUT2D eigenvalue weighted by atomic mass is 9.72. The molecule has 0 bridgehead atoms. The second-order valence-electron chi connectivity index (χ2n) is 7.03. The standard InChI is InChI=1S/C14H25NO5/c1-12(2,3)20-11(18)15-9-6-7-14(8-9,10(16)17)13(4,5)19/h9,19H,6-8H2,1-5H3,(H,15,18)(H,16,17)/t9?,14-/m1/s1. The number of alkyl carbamates (subject to hydrolysis) is 1. The molecule has 3 N–H and O–H groups in total. The van der Waals surface area contributed by atoms with Gasteiger partial charge in [0.25, 0.3) is 0 Å². The van der Waals surface area contributed by atoms with E-state index in [0.29, 0.717) is 12.8 Å². The average molecular weight is 287 g/mol. The van der Waals surface area contributed by atoms with E-state index < -0.39 is 28.7 Å². The maximum atomic E-state index is 11.7. The summed E-state index contributed by atoms with van der Waals surface area (Å²) in [5, 5.41) is 22.3. The molecule has 1 rings (SSSR count). The number of amides is 1. The summed E-state index contributed by atoms with van der Waals surface area (Å²) < 4.78 is 5.15. The highest BCUT2D eigenvalue weighted by Crippen LogP contribution is 2.46. The van der Waals surface area contributed by atoms with Crippen molar-refractivity contribution in [3.8, 4) is 0 Å². The maximum Gasteiger partial charge on any atom is 0.407 e. The van der Waals surface area contributed by atoms with Crippen LogP contribution in [0.5, 0.6) is 0 Å². The van der Waals surface area contributed by atoms with E-state index in [1.165, 1.54) is 13.8 Å². The Labute approximate surface area is 119 Å². The van der Waals surface area contributed by atoms with Gasteiger partial charge in [-0.15, -0.1) is 0 Å². The quantitative estimate of drug-likeness (QED) is 0.737. The van der Waals surface area contributed by atoms with E-state index in [-0.39, 0.29) is 12.5 Å². The van der Waals surface area contributed by atoms with Crippen LogP contribution < -0.4 is 5.32 Å². The Kier molecular flexibility index (Phi) is 4.39. The fourth-order valence-electron chi connectivity index (χ4n) is 2.65. The molecule has 1 amide bonds. The third-order valence-corrected chi connectivity index (χ3v) is 3.82. The number of carbonyl (C=O) groups is 2. The first-order valence-corrected chi connectivity index (χ1v) is 6.83. The number of carbonyl (C=O) groups excluding carboxylic acids is 1. The van der Waals surface area contributed by atoms with Gasteiger partial charge < -0.3 is 20.3 Å². The summed E-state index contributed by atoms with van der Waals surface area (Å²) in [5.41, 5.74) is -3.17. The van der Waals surface area contributed by atoms with Gasteiger partial charge in [-0.25, -0.2) is 4.79 Å². The molecule has 1 aliphatic carbocycles. The van der Waals surface area contributed by atoms with Crippen LogP contribution in [0.1, 0.15) is 53.9 Å². The summed E-state index contributed by atoms with van der Waals surface area (Å²) in [6.45, 7) is 8.28. The molecule has 6 heteroatoms. The average Bonchev–Trinajstić information content (AvgIpc) is 2.58. The Morgan fingerprint density at radius 2 is 1.80 bits per heavy atom. The van der Waals surface area contributed by atoms with Gasteiger partial charge in [0.2, 0.25) is 0 Å². The van der Waals surface area contributed by atoms with Crippen LogP contribution in [0.25, 0.3) is 0 Å². The summed E-state index contributed by atoms with van der Waals surface area (Å²) in [6, 6.07) is -0.299. The summed E-state index contributed by atoms with van der Waals surface area (Å²) in [7, 11) is 0. The molecule has 0 heterocycles. The second-order valence-corrected chi connectivity index (χ2v) is 7.03. The lowest BCUT2D eigenvalue weighted by Gasteiger charge is -2.36. The number of hydrogen-bond acceptors (Lipinski definition) is 4. The zero-order chi connectivity index (χ0) is 15.8. The predicted octanol–water partition coefficient (Wildman–Crippen LogP) is 1.91. The molecule has 1 aliphatic rings. The first-order valence-electron chi connectivity index (χ1n) is 6.83. The van der Waals surface area contributed by atoms with Crippen LogP contribution in [0.2, 0.25) is 0 Å². The molecule has 1 fully saturated rings. The van der Waals surface area contributed by atoms with Gasteiger partial charge in [0.05, 0.1) is 11.0 Å². The van der Waals surface area contributed by atoms with Gasteiger partial charge >= 0.3 is 12.1 Å².